The highest BCUT2D eigenvalue weighted by Crippen LogP contribution is 2.61. The van der Waals surface area contributed by atoms with E-state index in [0.29, 0.717) is 0 Å². The topological polar surface area (TPSA) is 33.6 Å². The largest absolute Gasteiger partial charge is 0.461 e. The van der Waals surface area contributed by atoms with Crippen molar-refractivity contribution in [2.45, 2.75) is 24.3 Å². The molecule has 1 N–H and O–H groups in total. The van der Waals surface area contributed by atoms with E-state index >= 15 is 0 Å². The van der Waals surface area contributed by atoms with Gasteiger partial charge in [0, 0.05) is 34.7 Å². The van der Waals surface area contributed by atoms with Crippen LogP contribution in [0.15, 0.2) is 180 Å². The van der Waals surface area contributed by atoms with E-state index in [1.165, 1.54) is 60.9 Å². The fraction of sp³-hybridized carbons (Fsp3) is 0.104. The molecule has 0 fully saturated rings. The molecule has 0 radical (unpaired) electrons. The lowest BCUT2D eigenvalue weighted by Crippen LogP contribution is -2.36. The van der Waals surface area contributed by atoms with Crippen LogP contribution in [0.4, 0.5) is 0 Å². The second-order valence-electron chi connectivity index (χ2n) is 14.2. The minimum Gasteiger partial charge on any atom is -0.461 e. The van der Waals surface area contributed by atoms with Crippen molar-refractivity contribution in [3.8, 4) is 16.9 Å². The summed E-state index contributed by atoms with van der Waals surface area (Å²) in [5.41, 5.74) is 13.3. The first-order chi connectivity index (χ1) is 25.3. The zero-order chi connectivity index (χ0) is 33.5. The van der Waals surface area contributed by atoms with E-state index < -0.39 is 5.41 Å². The summed E-state index contributed by atoms with van der Waals surface area (Å²) in [5.74, 6) is 2.90. The van der Waals surface area contributed by atoms with E-state index in [9.17, 15) is 0 Å². The van der Waals surface area contributed by atoms with Crippen molar-refractivity contribution in [3.05, 3.63) is 214 Å². The summed E-state index contributed by atoms with van der Waals surface area (Å²) in [6, 6.07) is 48.3. The monoisotopic (exact) mass is 654 g/mol. The molecule has 2 atom stereocenters. The molecular weight excluding hydrogens is 621 g/mol. The Labute approximate surface area is 297 Å². The summed E-state index contributed by atoms with van der Waals surface area (Å²) in [6.45, 7) is 0. The van der Waals surface area contributed by atoms with Crippen molar-refractivity contribution in [2.24, 2.45) is 10.9 Å². The van der Waals surface area contributed by atoms with Gasteiger partial charge in [0.25, 0.3) is 0 Å². The van der Waals surface area contributed by atoms with E-state index in [-0.39, 0.29) is 12.0 Å². The number of hydrogen-bond acceptors (Lipinski definition) is 3. The Morgan fingerprint density at radius 3 is 2.27 bits per heavy atom. The number of aliphatic imine (C=N–C) groups is 1. The van der Waals surface area contributed by atoms with Crippen molar-refractivity contribution < 1.29 is 4.74 Å². The molecule has 11 rings (SSSR count). The Morgan fingerprint density at radius 1 is 0.706 bits per heavy atom. The zero-order valence-corrected chi connectivity index (χ0v) is 28.0. The van der Waals surface area contributed by atoms with Crippen molar-refractivity contribution in [2.75, 3.05) is 0 Å². The van der Waals surface area contributed by atoms with E-state index in [1.807, 2.05) is 0 Å². The number of allylic oxidation sites excluding steroid dienone is 5. The lowest BCUT2D eigenvalue weighted by atomic mass is 9.64. The third-order valence-corrected chi connectivity index (χ3v) is 11.5. The summed E-state index contributed by atoms with van der Waals surface area (Å²) >= 11 is 0. The number of benzene rings is 6. The van der Waals surface area contributed by atoms with Crippen LogP contribution < -0.4 is 10.1 Å². The molecule has 2 aliphatic heterocycles. The molecule has 3 nitrogen and oxygen atoms in total. The fourth-order valence-electron chi connectivity index (χ4n) is 9.32. The van der Waals surface area contributed by atoms with Crippen molar-refractivity contribution in [3.63, 3.8) is 0 Å². The van der Waals surface area contributed by atoms with Crippen LogP contribution in [0.25, 0.3) is 28.0 Å². The maximum Gasteiger partial charge on any atom is 0.134 e. The predicted molar refractivity (Wildman–Crippen MR) is 207 cm³/mol. The number of ether oxygens (including phenoxy) is 1. The number of hydrogen-bond donors (Lipinski definition) is 1. The predicted octanol–water partition coefficient (Wildman–Crippen LogP) is 10.6. The molecule has 6 aromatic carbocycles. The number of nitrogens with one attached hydrogen (secondary N) is 1. The summed E-state index contributed by atoms with van der Waals surface area (Å²) in [5, 5.41) is 6.47. The number of para-hydroxylation sites is 1. The standard InChI is InChI=1S/C48H34N2O/c1-2-12-31(13-3-1)47-49-42(29-43(50-47)35-26-33-16-10-14-30-15-11-17-34(27-35)46(30)33)32-24-25-41-45(28-32)51-44-23-9-8-22-40(44)48(41)38-20-6-4-18-36(38)37-19-5-7-21-39(37)48/h1-14,16-27,29,32,43H,15,28H2,(H,49,50). The van der Waals surface area contributed by atoms with Crippen molar-refractivity contribution >= 4 is 22.7 Å². The Morgan fingerprint density at radius 2 is 1.45 bits per heavy atom. The van der Waals surface area contributed by atoms with Crippen LogP contribution in [0.5, 0.6) is 5.75 Å². The SMILES string of the molecule is C1=Cc2cc(C3C=C(C4C=CC5=C(C4)Oc4ccccc4C54c5ccccc5-c5ccccc54)N=C(c4ccccc4)N3)cc3cccc(c23)C1. The minimum atomic E-state index is -0.443. The lowest BCUT2D eigenvalue weighted by molar-refractivity contribution is 0.350. The lowest BCUT2D eigenvalue weighted by Gasteiger charge is -2.42. The van der Waals surface area contributed by atoms with E-state index in [1.54, 1.807) is 0 Å². The van der Waals surface area contributed by atoms with Crippen molar-refractivity contribution in [1.82, 2.24) is 5.32 Å². The second kappa shape index (κ2) is 10.9. The Balaban J connectivity index is 1.05. The van der Waals surface area contributed by atoms with Gasteiger partial charge in [-0.1, -0.05) is 140 Å². The van der Waals surface area contributed by atoms with E-state index in [4.69, 9.17) is 9.73 Å². The van der Waals surface area contributed by atoms with Crippen LogP contribution >= 0.6 is 0 Å². The molecule has 0 saturated heterocycles. The normalized spacial score (nSPS) is 20.1. The number of nitrogens with zero attached hydrogens (tertiary/aromatic N) is 1. The molecule has 3 heteroatoms. The van der Waals surface area contributed by atoms with Gasteiger partial charge in [-0.15, -0.1) is 0 Å². The first-order valence-corrected chi connectivity index (χ1v) is 18.0. The molecule has 0 aromatic heterocycles. The first-order valence-electron chi connectivity index (χ1n) is 18.0. The smallest absolute Gasteiger partial charge is 0.134 e. The third kappa shape index (κ3) is 4.15. The number of rotatable bonds is 3. The number of fused-ring (bicyclic) bond motifs is 8. The molecule has 51 heavy (non-hydrogen) atoms. The van der Waals surface area contributed by atoms with Gasteiger partial charge < -0.3 is 10.1 Å². The van der Waals surface area contributed by atoms with Gasteiger partial charge in [0.2, 0.25) is 0 Å². The highest BCUT2D eigenvalue weighted by molar-refractivity contribution is 6.01. The summed E-state index contributed by atoms with van der Waals surface area (Å²) in [7, 11) is 0. The van der Waals surface area contributed by atoms with Gasteiger partial charge in [0.05, 0.1) is 11.5 Å². The molecule has 0 amide bonds. The molecule has 0 bridgehead atoms. The van der Waals surface area contributed by atoms with Crippen LogP contribution in [-0.4, -0.2) is 5.84 Å². The maximum absolute atomic E-state index is 6.92. The minimum absolute atomic E-state index is 0.0379. The molecule has 242 valence electrons. The van der Waals surface area contributed by atoms with Gasteiger partial charge in [-0.3, -0.25) is 0 Å². The van der Waals surface area contributed by atoms with Crippen molar-refractivity contribution in [1.29, 1.82) is 0 Å². The second-order valence-corrected chi connectivity index (χ2v) is 14.2. The Kier molecular flexibility index (Phi) is 6.12. The molecular formula is C48H34N2O. The van der Waals surface area contributed by atoms with Crippen LogP contribution in [0.3, 0.4) is 0 Å². The molecule has 2 unspecified atom stereocenters. The van der Waals surface area contributed by atoms with Gasteiger partial charge in [-0.2, -0.15) is 0 Å². The first kappa shape index (κ1) is 28.6. The van der Waals surface area contributed by atoms with Gasteiger partial charge >= 0.3 is 0 Å². The third-order valence-electron chi connectivity index (χ3n) is 11.5. The zero-order valence-electron chi connectivity index (χ0n) is 28.0. The highest BCUT2D eigenvalue weighted by Gasteiger charge is 2.52. The average Bonchev–Trinajstić information content (AvgIpc) is 3.49. The maximum atomic E-state index is 6.92. The average molecular weight is 655 g/mol. The van der Waals surface area contributed by atoms with Gasteiger partial charge in [-0.05, 0) is 80.4 Å². The molecule has 0 saturated carbocycles. The fourth-order valence-corrected chi connectivity index (χ4v) is 9.32. The molecule has 6 aromatic rings. The van der Waals surface area contributed by atoms with Gasteiger partial charge in [-0.25, -0.2) is 4.99 Å². The van der Waals surface area contributed by atoms with Gasteiger partial charge in [0.15, 0.2) is 0 Å². The Bertz CT molecular complexity index is 2560. The Hall–Kier alpha value is -6.19. The highest BCUT2D eigenvalue weighted by atomic mass is 16.5. The van der Waals surface area contributed by atoms with Gasteiger partial charge in [0.1, 0.15) is 17.3 Å². The van der Waals surface area contributed by atoms with Crippen LogP contribution in [0, 0.1) is 5.92 Å². The molecule has 3 aliphatic carbocycles. The quantitative estimate of drug-likeness (QED) is 0.206. The van der Waals surface area contributed by atoms with E-state index in [0.717, 1.165) is 41.4 Å². The summed E-state index contributed by atoms with van der Waals surface area (Å²) < 4.78 is 6.92. The van der Waals surface area contributed by atoms with E-state index in [2.05, 4.69) is 169 Å². The van der Waals surface area contributed by atoms with Crippen LogP contribution in [0.1, 0.15) is 51.4 Å². The summed E-state index contributed by atoms with van der Waals surface area (Å²) in [6.07, 6.45) is 13.3. The summed E-state index contributed by atoms with van der Waals surface area (Å²) in [4.78, 5) is 5.35. The van der Waals surface area contributed by atoms with Crippen LogP contribution in [-0.2, 0) is 11.8 Å². The van der Waals surface area contributed by atoms with Crippen LogP contribution in [0.2, 0.25) is 0 Å². The number of amidine groups is 1. The molecule has 5 aliphatic rings. The molecule has 2 heterocycles. The molecule has 1 spiro atoms.